The quantitative estimate of drug-likeness (QED) is 0.724. The number of carbonyl (C=O) groups is 1. The molecule has 1 unspecified atom stereocenters. The molecule has 3 aromatic rings. The summed E-state index contributed by atoms with van der Waals surface area (Å²) in [6.45, 7) is 4.28. The number of benzene rings is 2. The number of aryl methyl sites for hydroxylation is 1. The number of hydrogen-bond acceptors (Lipinski definition) is 5. The molecule has 0 fully saturated rings. The van der Waals surface area contributed by atoms with Gasteiger partial charge in [0.1, 0.15) is 5.75 Å². The van der Waals surface area contributed by atoms with Crippen molar-refractivity contribution in [1.82, 2.24) is 20.3 Å². The van der Waals surface area contributed by atoms with Crippen LogP contribution < -0.4 is 10.1 Å². The number of amides is 1. The van der Waals surface area contributed by atoms with Crippen molar-refractivity contribution in [2.24, 2.45) is 0 Å². The number of carbonyl (C=O) groups excluding carboxylic acids is 1. The summed E-state index contributed by atoms with van der Waals surface area (Å²) in [4.78, 5) is 12.2. The van der Waals surface area contributed by atoms with Crippen LogP contribution in [0, 0.1) is 6.92 Å². The van der Waals surface area contributed by atoms with Crippen LogP contribution in [-0.4, -0.2) is 40.8 Å². The number of ether oxygens (including phenoxy) is 2. The minimum absolute atomic E-state index is 0.155. The number of nitrogens with one attached hydrogen (secondary N) is 1. The number of methoxy groups -OCH3 is 1. The van der Waals surface area contributed by atoms with E-state index < -0.39 is 6.09 Å². The van der Waals surface area contributed by atoms with Crippen molar-refractivity contribution in [2.45, 2.75) is 19.9 Å². The second-order valence-electron chi connectivity index (χ2n) is 6.32. The maximum atomic E-state index is 12.2. The van der Waals surface area contributed by atoms with Crippen molar-refractivity contribution in [3.63, 3.8) is 0 Å². The van der Waals surface area contributed by atoms with Gasteiger partial charge < -0.3 is 14.8 Å². The van der Waals surface area contributed by atoms with Crippen LogP contribution in [0.1, 0.15) is 12.5 Å². The van der Waals surface area contributed by atoms with Gasteiger partial charge in [-0.2, -0.15) is 0 Å². The van der Waals surface area contributed by atoms with Gasteiger partial charge in [0.2, 0.25) is 0 Å². The summed E-state index contributed by atoms with van der Waals surface area (Å²) >= 11 is 0. The summed E-state index contributed by atoms with van der Waals surface area (Å²) in [5.41, 5.74) is 3.85. The molecule has 7 nitrogen and oxygen atoms in total. The molecule has 0 spiro atoms. The van der Waals surface area contributed by atoms with E-state index in [2.05, 4.69) is 15.6 Å². The van der Waals surface area contributed by atoms with E-state index >= 15 is 0 Å². The number of rotatable bonds is 6. The normalized spacial score (nSPS) is 11.8. The van der Waals surface area contributed by atoms with E-state index in [1.807, 2.05) is 50.2 Å². The Bertz CT molecular complexity index is 892. The molecule has 140 valence electrons. The van der Waals surface area contributed by atoms with E-state index in [1.54, 1.807) is 30.3 Å². The average molecular weight is 366 g/mol. The fraction of sp³-hybridized carbons (Fsp3) is 0.250. The summed E-state index contributed by atoms with van der Waals surface area (Å²) in [5.74, 6) is 0.417. The maximum Gasteiger partial charge on any atom is 0.412 e. The van der Waals surface area contributed by atoms with Crippen molar-refractivity contribution < 1.29 is 14.3 Å². The molecule has 0 saturated carbocycles. The van der Waals surface area contributed by atoms with Crippen molar-refractivity contribution in [1.29, 1.82) is 0 Å². The Morgan fingerprint density at radius 2 is 1.96 bits per heavy atom. The molecule has 1 amide bonds. The lowest BCUT2D eigenvalue weighted by Gasteiger charge is -2.14. The van der Waals surface area contributed by atoms with E-state index in [4.69, 9.17) is 9.47 Å². The molecule has 0 saturated heterocycles. The lowest BCUT2D eigenvalue weighted by Crippen LogP contribution is -2.37. The highest BCUT2D eigenvalue weighted by Crippen LogP contribution is 2.28. The molecule has 0 aliphatic carbocycles. The van der Waals surface area contributed by atoms with Crippen LogP contribution in [0.4, 0.5) is 4.79 Å². The van der Waals surface area contributed by atoms with Gasteiger partial charge in [0, 0.05) is 13.2 Å². The lowest BCUT2D eigenvalue weighted by atomic mass is 10.0. The van der Waals surface area contributed by atoms with Gasteiger partial charge >= 0.3 is 6.09 Å². The van der Waals surface area contributed by atoms with Gasteiger partial charge in [0.25, 0.3) is 0 Å². The van der Waals surface area contributed by atoms with Gasteiger partial charge in [-0.1, -0.05) is 35.0 Å². The molecule has 1 aromatic heterocycles. The number of aromatic nitrogens is 3. The third-order valence-electron chi connectivity index (χ3n) is 3.95. The minimum atomic E-state index is -0.537. The fourth-order valence-electron chi connectivity index (χ4n) is 2.66. The molecule has 0 radical (unpaired) electrons. The summed E-state index contributed by atoms with van der Waals surface area (Å²) in [6.07, 6.45) is 2.79. The van der Waals surface area contributed by atoms with Crippen molar-refractivity contribution in [3.8, 4) is 22.6 Å². The Balaban J connectivity index is 1.90. The van der Waals surface area contributed by atoms with Crippen LogP contribution in [-0.2, 0) is 4.74 Å². The Kier molecular flexibility index (Phi) is 5.83. The molecule has 7 heteroatoms. The fourth-order valence-corrected chi connectivity index (χ4v) is 2.66. The molecule has 0 aliphatic rings. The Labute approximate surface area is 157 Å². The topological polar surface area (TPSA) is 78.3 Å². The summed E-state index contributed by atoms with van der Waals surface area (Å²) in [7, 11) is 1.58. The van der Waals surface area contributed by atoms with Gasteiger partial charge in [0.15, 0.2) is 0 Å². The monoisotopic (exact) mass is 366 g/mol. The highest BCUT2D eigenvalue weighted by molar-refractivity contribution is 5.74. The third-order valence-corrected chi connectivity index (χ3v) is 3.95. The van der Waals surface area contributed by atoms with E-state index in [0.29, 0.717) is 12.4 Å². The van der Waals surface area contributed by atoms with E-state index in [-0.39, 0.29) is 6.04 Å². The van der Waals surface area contributed by atoms with Crippen molar-refractivity contribution in [2.75, 3.05) is 13.7 Å². The predicted octanol–water partition coefficient (Wildman–Crippen LogP) is 3.37. The third kappa shape index (κ3) is 4.92. The molecule has 0 bridgehead atoms. The highest BCUT2D eigenvalue weighted by atomic mass is 16.6. The van der Waals surface area contributed by atoms with E-state index in [1.165, 1.54) is 5.56 Å². The predicted molar refractivity (Wildman–Crippen MR) is 102 cm³/mol. The first kappa shape index (κ1) is 18.6. The second kappa shape index (κ2) is 8.46. The summed E-state index contributed by atoms with van der Waals surface area (Å²) < 4.78 is 12.1. The van der Waals surface area contributed by atoms with E-state index in [9.17, 15) is 4.79 Å². The zero-order valence-electron chi connectivity index (χ0n) is 15.5. The van der Waals surface area contributed by atoms with Gasteiger partial charge in [-0.05, 0) is 37.1 Å². The number of hydrogen-bond donors (Lipinski definition) is 1. The van der Waals surface area contributed by atoms with Crippen molar-refractivity contribution in [3.05, 3.63) is 60.4 Å². The standard InChI is InChI=1S/C20H22N4O3/c1-14-4-6-16(7-5-14)17-10-18(24-9-8-21-23-24)12-19(11-17)27-20(25)22-15(2)13-26-3/h4-12,15H,13H2,1-3H3,(H,22,25). The SMILES string of the molecule is COCC(C)NC(=O)Oc1cc(-c2ccc(C)cc2)cc(-n2ccnn2)c1. The van der Waals surface area contributed by atoms with Gasteiger partial charge in [0.05, 0.1) is 30.7 Å². The largest absolute Gasteiger partial charge is 0.412 e. The molecular formula is C20H22N4O3. The Morgan fingerprint density at radius 1 is 1.19 bits per heavy atom. The molecule has 1 N–H and O–H groups in total. The van der Waals surface area contributed by atoms with Gasteiger partial charge in [-0.15, -0.1) is 5.10 Å². The molecule has 3 rings (SSSR count). The smallest absolute Gasteiger partial charge is 0.410 e. The molecule has 1 atom stereocenters. The second-order valence-corrected chi connectivity index (χ2v) is 6.32. The average Bonchev–Trinajstić information content (AvgIpc) is 3.17. The molecule has 27 heavy (non-hydrogen) atoms. The zero-order valence-corrected chi connectivity index (χ0v) is 15.5. The molecular weight excluding hydrogens is 344 g/mol. The lowest BCUT2D eigenvalue weighted by molar-refractivity contribution is 0.159. The van der Waals surface area contributed by atoms with Crippen LogP contribution in [0.3, 0.4) is 0 Å². The zero-order chi connectivity index (χ0) is 19.2. The summed E-state index contributed by atoms with van der Waals surface area (Å²) in [6, 6.07) is 13.5. The summed E-state index contributed by atoms with van der Waals surface area (Å²) in [5, 5.41) is 10.6. The molecule has 2 aromatic carbocycles. The minimum Gasteiger partial charge on any atom is -0.410 e. The first-order valence-corrected chi connectivity index (χ1v) is 8.61. The van der Waals surface area contributed by atoms with Crippen LogP contribution in [0.15, 0.2) is 54.9 Å². The van der Waals surface area contributed by atoms with Crippen molar-refractivity contribution >= 4 is 6.09 Å². The Hall–Kier alpha value is -3.19. The highest BCUT2D eigenvalue weighted by Gasteiger charge is 2.12. The van der Waals surface area contributed by atoms with Crippen LogP contribution in [0.2, 0.25) is 0 Å². The number of nitrogens with zero attached hydrogens (tertiary/aromatic N) is 3. The van der Waals surface area contributed by atoms with Crippen LogP contribution in [0.25, 0.3) is 16.8 Å². The Morgan fingerprint density at radius 3 is 2.63 bits per heavy atom. The molecule has 1 heterocycles. The first-order chi connectivity index (χ1) is 13.0. The van der Waals surface area contributed by atoms with E-state index in [0.717, 1.165) is 16.8 Å². The van der Waals surface area contributed by atoms with Gasteiger partial charge in [-0.25, -0.2) is 9.48 Å². The van der Waals surface area contributed by atoms with Crippen LogP contribution in [0.5, 0.6) is 5.75 Å². The van der Waals surface area contributed by atoms with Crippen LogP contribution >= 0.6 is 0 Å². The molecule has 0 aliphatic heterocycles. The maximum absolute atomic E-state index is 12.2. The first-order valence-electron chi connectivity index (χ1n) is 8.61. The van der Waals surface area contributed by atoms with Gasteiger partial charge in [-0.3, -0.25) is 0 Å².